The van der Waals surface area contributed by atoms with Crippen LogP contribution < -0.4 is 5.63 Å². The zero-order valence-electron chi connectivity index (χ0n) is 13.0. The predicted molar refractivity (Wildman–Crippen MR) is 94.5 cm³/mol. The Labute approximate surface area is 142 Å². The standard InChI is InChI=1S/C19H14N2O2S/c1-13-11-15(12-17(22)23-13)24-19-18(14-7-3-2-4-8-14)20-16-9-5-6-10-21(16)19/h2-12H,1H3. The van der Waals surface area contributed by atoms with Crippen LogP contribution in [0, 0.1) is 6.92 Å². The lowest BCUT2D eigenvalue weighted by Crippen LogP contribution is -1.98. The van der Waals surface area contributed by atoms with Gasteiger partial charge in [-0.25, -0.2) is 9.78 Å². The van der Waals surface area contributed by atoms with Crippen LogP contribution in [0.3, 0.4) is 0 Å². The van der Waals surface area contributed by atoms with Gasteiger partial charge in [-0.15, -0.1) is 0 Å². The Balaban J connectivity index is 1.91. The maximum Gasteiger partial charge on any atom is 0.336 e. The number of hydrogen-bond acceptors (Lipinski definition) is 4. The Bertz CT molecular complexity index is 1070. The van der Waals surface area contributed by atoms with E-state index in [-0.39, 0.29) is 5.63 Å². The fourth-order valence-electron chi connectivity index (χ4n) is 2.60. The molecule has 0 radical (unpaired) electrons. The van der Waals surface area contributed by atoms with Crippen LogP contribution in [0.15, 0.2) is 86.0 Å². The number of rotatable bonds is 3. The normalized spacial score (nSPS) is 11.0. The molecule has 1 aromatic carbocycles. The second-order valence-corrected chi connectivity index (χ2v) is 6.45. The molecule has 4 aromatic rings. The monoisotopic (exact) mass is 334 g/mol. The number of hydrogen-bond donors (Lipinski definition) is 0. The summed E-state index contributed by atoms with van der Waals surface area (Å²) in [6.45, 7) is 1.78. The molecule has 0 aliphatic heterocycles. The van der Waals surface area contributed by atoms with Crippen molar-refractivity contribution >= 4 is 17.4 Å². The third kappa shape index (κ3) is 2.74. The molecular formula is C19H14N2O2S. The van der Waals surface area contributed by atoms with Gasteiger partial charge in [0.25, 0.3) is 0 Å². The van der Waals surface area contributed by atoms with Crippen LogP contribution in [0.2, 0.25) is 0 Å². The highest BCUT2D eigenvalue weighted by Crippen LogP contribution is 2.36. The van der Waals surface area contributed by atoms with Gasteiger partial charge in [0.05, 0.1) is 0 Å². The largest absolute Gasteiger partial charge is 0.428 e. The van der Waals surface area contributed by atoms with Crippen molar-refractivity contribution in [2.45, 2.75) is 16.8 Å². The molecule has 0 unspecified atom stereocenters. The number of nitrogens with zero attached hydrogens (tertiary/aromatic N) is 2. The lowest BCUT2D eigenvalue weighted by atomic mass is 10.2. The Morgan fingerprint density at radius 3 is 2.62 bits per heavy atom. The van der Waals surface area contributed by atoms with E-state index >= 15 is 0 Å². The van der Waals surface area contributed by atoms with Crippen LogP contribution in [0.4, 0.5) is 0 Å². The Hall–Kier alpha value is -2.79. The lowest BCUT2D eigenvalue weighted by molar-refractivity contribution is 0.475. The van der Waals surface area contributed by atoms with E-state index in [0.29, 0.717) is 5.76 Å². The highest BCUT2D eigenvalue weighted by Gasteiger charge is 2.15. The number of imidazole rings is 1. The average molecular weight is 334 g/mol. The summed E-state index contributed by atoms with van der Waals surface area (Å²) < 4.78 is 7.09. The van der Waals surface area contributed by atoms with Crippen LogP contribution in [0.5, 0.6) is 0 Å². The fourth-order valence-corrected chi connectivity index (χ4v) is 3.72. The third-order valence-corrected chi connectivity index (χ3v) is 4.67. The summed E-state index contributed by atoms with van der Waals surface area (Å²) in [5.74, 6) is 0.597. The molecule has 0 atom stereocenters. The number of benzene rings is 1. The van der Waals surface area contributed by atoms with Crippen LogP contribution in [0.1, 0.15) is 5.76 Å². The van der Waals surface area contributed by atoms with Gasteiger partial charge >= 0.3 is 5.63 Å². The smallest absolute Gasteiger partial charge is 0.336 e. The van der Waals surface area contributed by atoms with Crippen LogP contribution >= 0.6 is 11.8 Å². The molecule has 0 aliphatic carbocycles. The van der Waals surface area contributed by atoms with Crippen molar-refractivity contribution in [3.63, 3.8) is 0 Å². The third-order valence-electron chi connectivity index (χ3n) is 3.62. The van der Waals surface area contributed by atoms with Gasteiger partial charge in [0, 0.05) is 22.7 Å². The molecule has 0 amide bonds. The van der Waals surface area contributed by atoms with Crippen molar-refractivity contribution in [2.75, 3.05) is 0 Å². The van der Waals surface area contributed by atoms with E-state index in [2.05, 4.69) is 0 Å². The van der Waals surface area contributed by atoms with E-state index in [0.717, 1.165) is 26.8 Å². The summed E-state index contributed by atoms with van der Waals surface area (Å²) in [5, 5.41) is 0.974. The zero-order chi connectivity index (χ0) is 16.5. The molecule has 0 saturated carbocycles. The zero-order valence-corrected chi connectivity index (χ0v) is 13.8. The van der Waals surface area contributed by atoms with Gasteiger partial charge in [-0.3, -0.25) is 4.40 Å². The van der Waals surface area contributed by atoms with Crippen molar-refractivity contribution in [1.82, 2.24) is 9.38 Å². The number of aromatic nitrogens is 2. The van der Waals surface area contributed by atoms with E-state index in [1.165, 1.54) is 17.8 Å². The minimum absolute atomic E-state index is 0.340. The quantitative estimate of drug-likeness (QED) is 0.557. The first kappa shape index (κ1) is 14.8. The minimum Gasteiger partial charge on any atom is -0.428 e. The second-order valence-electron chi connectivity index (χ2n) is 5.39. The second kappa shape index (κ2) is 6.02. The summed E-state index contributed by atoms with van der Waals surface area (Å²) in [6, 6.07) is 19.3. The van der Waals surface area contributed by atoms with Gasteiger partial charge in [-0.1, -0.05) is 48.2 Å². The van der Waals surface area contributed by atoms with Crippen molar-refractivity contribution in [2.24, 2.45) is 0 Å². The first-order valence-corrected chi connectivity index (χ1v) is 8.34. The topological polar surface area (TPSA) is 47.5 Å². The van der Waals surface area contributed by atoms with Crippen molar-refractivity contribution in [1.29, 1.82) is 0 Å². The van der Waals surface area contributed by atoms with E-state index in [1.807, 2.05) is 65.2 Å². The average Bonchev–Trinajstić information content (AvgIpc) is 2.94. The maximum absolute atomic E-state index is 11.7. The Morgan fingerprint density at radius 1 is 1.04 bits per heavy atom. The molecule has 3 aromatic heterocycles. The maximum atomic E-state index is 11.7. The number of pyridine rings is 1. The van der Waals surface area contributed by atoms with Gasteiger partial charge in [-0.05, 0) is 25.1 Å². The van der Waals surface area contributed by atoms with Gasteiger partial charge in [-0.2, -0.15) is 0 Å². The number of fused-ring (bicyclic) bond motifs is 1. The van der Waals surface area contributed by atoms with Crippen molar-refractivity contribution in [3.8, 4) is 11.3 Å². The van der Waals surface area contributed by atoms with E-state index in [4.69, 9.17) is 9.40 Å². The Morgan fingerprint density at radius 2 is 1.83 bits per heavy atom. The van der Waals surface area contributed by atoms with Crippen LogP contribution in [0.25, 0.3) is 16.9 Å². The van der Waals surface area contributed by atoms with Crippen LogP contribution in [-0.4, -0.2) is 9.38 Å². The van der Waals surface area contributed by atoms with Gasteiger partial charge in [0.15, 0.2) is 0 Å². The molecule has 0 saturated heterocycles. The Kier molecular flexibility index (Phi) is 3.70. The molecule has 0 fully saturated rings. The summed E-state index contributed by atoms with van der Waals surface area (Å²) in [7, 11) is 0. The van der Waals surface area contributed by atoms with E-state index < -0.39 is 0 Å². The molecule has 0 spiro atoms. The summed E-state index contributed by atoms with van der Waals surface area (Å²) in [4.78, 5) is 17.3. The molecule has 0 aliphatic rings. The van der Waals surface area contributed by atoms with Gasteiger partial charge < -0.3 is 4.42 Å². The molecule has 0 bridgehead atoms. The molecule has 4 rings (SSSR count). The number of aryl methyl sites for hydroxylation is 1. The predicted octanol–water partition coefficient (Wildman–Crippen LogP) is 4.41. The lowest BCUT2D eigenvalue weighted by Gasteiger charge is -2.05. The van der Waals surface area contributed by atoms with E-state index in [1.54, 1.807) is 6.92 Å². The molecule has 3 heterocycles. The fraction of sp³-hybridized carbons (Fsp3) is 0.0526. The molecular weight excluding hydrogens is 320 g/mol. The summed E-state index contributed by atoms with van der Waals surface area (Å²) in [5.41, 5.74) is 2.48. The first-order valence-electron chi connectivity index (χ1n) is 7.53. The molecule has 5 heteroatoms. The SMILES string of the molecule is Cc1cc(Sc2c(-c3ccccc3)nc3ccccn23)cc(=O)o1. The van der Waals surface area contributed by atoms with Gasteiger partial charge in [0.2, 0.25) is 0 Å². The molecule has 118 valence electrons. The van der Waals surface area contributed by atoms with Crippen molar-refractivity contribution in [3.05, 3.63) is 83.0 Å². The van der Waals surface area contributed by atoms with Crippen LogP contribution in [-0.2, 0) is 0 Å². The summed E-state index contributed by atoms with van der Waals surface area (Å²) in [6.07, 6.45) is 1.98. The van der Waals surface area contributed by atoms with Crippen molar-refractivity contribution < 1.29 is 4.42 Å². The van der Waals surface area contributed by atoms with E-state index in [9.17, 15) is 4.79 Å². The first-order chi connectivity index (χ1) is 11.7. The highest BCUT2D eigenvalue weighted by molar-refractivity contribution is 7.99. The highest BCUT2D eigenvalue weighted by atomic mass is 32.2. The minimum atomic E-state index is -0.340. The molecule has 24 heavy (non-hydrogen) atoms. The molecule has 0 N–H and O–H groups in total. The summed E-state index contributed by atoms with van der Waals surface area (Å²) >= 11 is 1.51. The molecule has 4 nitrogen and oxygen atoms in total. The van der Waals surface area contributed by atoms with Gasteiger partial charge in [0.1, 0.15) is 22.1 Å².